The van der Waals surface area contributed by atoms with Crippen molar-refractivity contribution in [1.29, 1.82) is 0 Å². The number of amides is 1. The highest BCUT2D eigenvalue weighted by Crippen LogP contribution is 2.37. The van der Waals surface area contributed by atoms with Gasteiger partial charge in [0, 0.05) is 48.2 Å². The summed E-state index contributed by atoms with van der Waals surface area (Å²) in [6, 6.07) is 15.2. The predicted octanol–water partition coefficient (Wildman–Crippen LogP) is 4.22. The summed E-state index contributed by atoms with van der Waals surface area (Å²) >= 11 is 1.50. The van der Waals surface area contributed by atoms with Crippen LogP contribution >= 0.6 is 11.3 Å². The van der Waals surface area contributed by atoms with Crippen molar-refractivity contribution in [3.05, 3.63) is 57.8 Å². The van der Waals surface area contributed by atoms with Gasteiger partial charge in [0.2, 0.25) is 0 Å². The van der Waals surface area contributed by atoms with E-state index in [2.05, 4.69) is 47.1 Å². The molecule has 1 saturated heterocycles. The molecule has 5 rings (SSSR count). The molecule has 0 spiro atoms. The summed E-state index contributed by atoms with van der Waals surface area (Å²) in [5, 5.41) is 2.48. The smallest absolute Gasteiger partial charge is 0.258 e. The quantitative estimate of drug-likeness (QED) is 0.590. The first-order chi connectivity index (χ1) is 16.0. The van der Waals surface area contributed by atoms with E-state index in [1.165, 1.54) is 38.2 Å². The molecule has 174 valence electrons. The molecule has 0 aliphatic carbocycles. The summed E-state index contributed by atoms with van der Waals surface area (Å²) in [4.78, 5) is 18.5. The normalized spacial score (nSPS) is 21.2. The molecule has 2 aliphatic heterocycles. The Bertz CT molecular complexity index is 1160. The van der Waals surface area contributed by atoms with Gasteiger partial charge in [-0.25, -0.2) is 0 Å². The van der Waals surface area contributed by atoms with Gasteiger partial charge in [-0.3, -0.25) is 9.69 Å². The van der Waals surface area contributed by atoms with Crippen LogP contribution in [0.1, 0.15) is 39.6 Å². The number of fused-ring (bicyclic) bond motifs is 2. The Balaban J connectivity index is 1.25. The fourth-order valence-corrected chi connectivity index (χ4v) is 6.25. The molecule has 6 nitrogen and oxygen atoms in total. The van der Waals surface area contributed by atoms with Gasteiger partial charge >= 0.3 is 0 Å². The third-order valence-electron chi connectivity index (χ3n) is 6.92. The fraction of sp³-hybridized carbons (Fsp3) is 0.423. The topological polar surface area (TPSA) is 68.0 Å². The van der Waals surface area contributed by atoms with Gasteiger partial charge in [0.15, 0.2) is 0 Å². The Morgan fingerprint density at radius 2 is 2.12 bits per heavy atom. The lowest BCUT2D eigenvalue weighted by Crippen LogP contribution is -2.52. The molecule has 1 fully saturated rings. The van der Waals surface area contributed by atoms with Crippen LogP contribution in [0.15, 0.2) is 42.5 Å². The van der Waals surface area contributed by atoms with E-state index in [0.29, 0.717) is 17.5 Å². The van der Waals surface area contributed by atoms with E-state index in [1.807, 2.05) is 12.1 Å². The number of carbonyl (C=O) groups is 1. The van der Waals surface area contributed by atoms with Crippen molar-refractivity contribution >= 4 is 33.7 Å². The van der Waals surface area contributed by atoms with Crippen molar-refractivity contribution in [3.63, 3.8) is 0 Å². The molecule has 2 N–H and O–H groups in total. The van der Waals surface area contributed by atoms with Gasteiger partial charge in [0.25, 0.3) is 5.91 Å². The zero-order valence-corrected chi connectivity index (χ0v) is 20.1. The van der Waals surface area contributed by atoms with Gasteiger partial charge in [0.05, 0.1) is 24.7 Å². The Morgan fingerprint density at radius 1 is 1.24 bits per heavy atom. The minimum atomic E-state index is -0.344. The molecule has 1 amide bonds. The van der Waals surface area contributed by atoms with E-state index >= 15 is 0 Å². The number of methoxy groups -OCH3 is 1. The number of rotatable bonds is 6. The summed E-state index contributed by atoms with van der Waals surface area (Å²) in [6.45, 7) is 6.98. The first kappa shape index (κ1) is 22.2. The molecule has 0 radical (unpaired) electrons. The van der Waals surface area contributed by atoms with Crippen LogP contribution in [0.5, 0.6) is 5.75 Å². The van der Waals surface area contributed by atoms with E-state index in [0.717, 1.165) is 44.8 Å². The molecule has 2 aromatic carbocycles. The molecular formula is C26H31N3O3S. The summed E-state index contributed by atoms with van der Waals surface area (Å²) in [5.74, 6) is 0.547. The number of primary amides is 1. The number of piperazine rings is 1. The molecule has 2 aliphatic rings. The van der Waals surface area contributed by atoms with Crippen molar-refractivity contribution < 1.29 is 14.3 Å². The SMILES string of the molecule is COc1ccc2cccc(N3CCN(CCC4OCCc5cc(C(N)=O)sc54)C(C)C3)c2c1. The monoisotopic (exact) mass is 465 g/mol. The number of nitrogens with two attached hydrogens (primary N) is 1. The van der Waals surface area contributed by atoms with E-state index in [1.54, 1.807) is 7.11 Å². The molecule has 2 atom stereocenters. The number of benzene rings is 2. The third kappa shape index (κ3) is 4.45. The van der Waals surface area contributed by atoms with Gasteiger partial charge in [-0.2, -0.15) is 0 Å². The minimum absolute atomic E-state index is 0.0580. The number of thiophene rings is 1. The van der Waals surface area contributed by atoms with Gasteiger partial charge in [-0.15, -0.1) is 11.3 Å². The van der Waals surface area contributed by atoms with E-state index < -0.39 is 0 Å². The van der Waals surface area contributed by atoms with E-state index in [9.17, 15) is 4.79 Å². The van der Waals surface area contributed by atoms with Crippen molar-refractivity contribution in [2.75, 3.05) is 44.8 Å². The lowest BCUT2D eigenvalue weighted by molar-refractivity contribution is 0.0283. The van der Waals surface area contributed by atoms with Crippen molar-refractivity contribution in [3.8, 4) is 5.75 Å². The number of ether oxygens (including phenoxy) is 2. The highest BCUT2D eigenvalue weighted by molar-refractivity contribution is 7.14. The van der Waals surface area contributed by atoms with Crippen LogP contribution in [0.25, 0.3) is 10.8 Å². The molecular weight excluding hydrogens is 434 g/mol. The van der Waals surface area contributed by atoms with Crippen LogP contribution < -0.4 is 15.4 Å². The summed E-state index contributed by atoms with van der Waals surface area (Å²) in [5.41, 5.74) is 8.01. The molecule has 2 unspecified atom stereocenters. The summed E-state index contributed by atoms with van der Waals surface area (Å²) in [6.07, 6.45) is 1.85. The number of nitrogens with zero attached hydrogens (tertiary/aromatic N) is 2. The Kier molecular flexibility index (Phi) is 6.27. The average molecular weight is 466 g/mol. The lowest BCUT2D eigenvalue weighted by Gasteiger charge is -2.42. The predicted molar refractivity (Wildman–Crippen MR) is 134 cm³/mol. The first-order valence-corrected chi connectivity index (χ1v) is 12.4. The molecule has 0 saturated carbocycles. The van der Waals surface area contributed by atoms with E-state index in [4.69, 9.17) is 15.2 Å². The Hall–Kier alpha value is -2.61. The molecule has 33 heavy (non-hydrogen) atoms. The van der Waals surface area contributed by atoms with Gasteiger partial charge in [0.1, 0.15) is 5.75 Å². The molecule has 7 heteroatoms. The Labute approximate surface area is 198 Å². The second-order valence-corrected chi connectivity index (χ2v) is 10.0. The third-order valence-corrected chi connectivity index (χ3v) is 8.20. The maximum Gasteiger partial charge on any atom is 0.258 e. The fourth-order valence-electron chi connectivity index (χ4n) is 5.10. The lowest BCUT2D eigenvalue weighted by atomic mass is 10.0. The zero-order chi connectivity index (χ0) is 22.9. The number of hydrogen-bond donors (Lipinski definition) is 1. The second kappa shape index (κ2) is 9.33. The van der Waals surface area contributed by atoms with Crippen LogP contribution in [0.2, 0.25) is 0 Å². The van der Waals surface area contributed by atoms with Crippen LogP contribution in [-0.2, 0) is 11.2 Å². The molecule has 0 bridgehead atoms. The first-order valence-electron chi connectivity index (χ1n) is 11.6. The standard InChI is InChI=1S/C26H31N3O3S/c1-17-16-29(22-5-3-4-18-6-7-20(31-2)15-21(18)22)12-11-28(17)10-8-23-25-19(9-13-32-23)14-24(33-25)26(27)30/h3-7,14-15,17,23H,8-13,16H2,1-2H3,(H2,27,30). The average Bonchev–Trinajstić information content (AvgIpc) is 3.28. The number of hydrogen-bond acceptors (Lipinski definition) is 6. The van der Waals surface area contributed by atoms with Crippen molar-refractivity contribution in [2.45, 2.75) is 31.9 Å². The van der Waals surface area contributed by atoms with Crippen LogP contribution in [0, 0.1) is 0 Å². The molecule has 3 heterocycles. The van der Waals surface area contributed by atoms with Crippen LogP contribution in [0.4, 0.5) is 5.69 Å². The van der Waals surface area contributed by atoms with Crippen molar-refractivity contribution in [1.82, 2.24) is 4.90 Å². The van der Waals surface area contributed by atoms with Crippen LogP contribution in [0.3, 0.4) is 0 Å². The zero-order valence-electron chi connectivity index (χ0n) is 19.3. The van der Waals surface area contributed by atoms with Gasteiger partial charge < -0.3 is 20.1 Å². The maximum atomic E-state index is 11.6. The van der Waals surface area contributed by atoms with E-state index in [-0.39, 0.29) is 12.0 Å². The number of carbonyl (C=O) groups excluding carboxylic acids is 1. The largest absolute Gasteiger partial charge is 0.497 e. The van der Waals surface area contributed by atoms with Gasteiger partial charge in [-0.05, 0) is 55.0 Å². The summed E-state index contributed by atoms with van der Waals surface area (Å²) < 4.78 is 11.6. The highest BCUT2D eigenvalue weighted by atomic mass is 32.1. The highest BCUT2D eigenvalue weighted by Gasteiger charge is 2.29. The number of anilines is 1. The maximum absolute atomic E-state index is 11.6. The second-order valence-electron chi connectivity index (χ2n) is 8.96. The Morgan fingerprint density at radius 3 is 2.91 bits per heavy atom. The molecule has 3 aromatic rings. The molecule has 1 aromatic heterocycles. The van der Waals surface area contributed by atoms with Crippen molar-refractivity contribution in [2.24, 2.45) is 5.73 Å². The van der Waals surface area contributed by atoms with Crippen LogP contribution in [-0.4, -0.2) is 56.7 Å². The van der Waals surface area contributed by atoms with Gasteiger partial charge in [-0.1, -0.05) is 18.2 Å². The minimum Gasteiger partial charge on any atom is -0.497 e. The summed E-state index contributed by atoms with van der Waals surface area (Å²) in [7, 11) is 1.72.